The number of ether oxygens (including phenoxy) is 1. The highest BCUT2D eigenvalue weighted by Crippen LogP contribution is 2.68. The van der Waals surface area contributed by atoms with Crippen LogP contribution < -0.4 is 5.73 Å². The van der Waals surface area contributed by atoms with Gasteiger partial charge in [-0.2, -0.15) is 0 Å². The molecule has 1 aliphatic heterocycles. The van der Waals surface area contributed by atoms with Crippen LogP contribution in [0, 0.1) is 11.3 Å². The smallest absolute Gasteiger partial charge is 0.322 e. The highest BCUT2D eigenvalue weighted by atomic mass is 16.5. The van der Waals surface area contributed by atoms with E-state index in [4.69, 9.17) is 10.5 Å². The zero-order chi connectivity index (χ0) is 11.3. The summed E-state index contributed by atoms with van der Waals surface area (Å²) in [5.41, 5.74) is 5.26. The van der Waals surface area contributed by atoms with Gasteiger partial charge in [0.05, 0.1) is 6.61 Å². The zero-order valence-electron chi connectivity index (χ0n) is 8.55. The van der Waals surface area contributed by atoms with Crippen molar-refractivity contribution in [3.8, 4) is 0 Å². The molecule has 1 aromatic carbocycles. The first-order chi connectivity index (χ1) is 7.69. The topological polar surface area (TPSA) is 69.4 Å². The summed E-state index contributed by atoms with van der Waals surface area (Å²) in [7, 11) is 0. The van der Waals surface area contributed by atoms with E-state index in [1.54, 1.807) is 0 Å². The fraction of sp³-hybridized carbons (Fsp3) is 0.333. The van der Waals surface area contributed by atoms with Crippen LogP contribution in [0.5, 0.6) is 0 Å². The van der Waals surface area contributed by atoms with Crippen molar-refractivity contribution in [2.45, 2.75) is 5.92 Å². The Morgan fingerprint density at radius 2 is 2.06 bits per heavy atom. The first kappa shape index (κ1) is 9.39. The van der Waals surface area contributed by atoms with Crippen molar-refractivity contribution in [2.75, 3.05) is 6.61 Å². The Bertz CT molecular complexity index is 470. The van der Waals surface area contributed by atoms with Crippen LogP contribution >= 0.6 is 0 Å². The van der Waals surface area contributed by atoms with Gasteiger partial charge in [-0.15, -0.1) is 0 Å². The molecule has 2 fully saturated rings. The van der Waals surface area contributed by atoms with E-state index in [0.29, 0.717) is 6.61 Å². The third kappa shape index (κ3) is 0.894. The fourth-order valence-corrected chi connectivity index (χ4v) is 2.84. The largest absolute Gasteiger partial charge is 0.464 e. The van der Waals surface area contributed by atoms with Crippen LogP contribution in [-0.4, -0.2) is 18.5 Å². The standard InChI is InChI=1S/C12H11NO3/c13-10(14)12-8(6-16-11(12)15)9(12)7-4-2-1-3-5-7/h1-5,8-9H,6H2,(H2,13,14)/t8-,9+,12+/m0/s1. The van der Waals surface area contributed by atoms with Crippen molar-refractivity contribution in [1.29, 1.82) is 0 Å². The Labute approximate surface area is 92.4 Å². The van der Waals surface area contributed by atoms with E-state index in [9.17, 15) is 9.59 Å². The van der Waals surface area contributed by atoms with Gasteiger partial charge in [-0.05, 0) is 5.56 Å². The maximum atomic E-state index is 11.6. The number of carbonyl (C=O) groups is 2. The van der Waals surface area contributed by atoms with E-state index in [-0.39, 0.29) is 11.8 Å². The molecule has 0 radical (unpaired) electrons. The van der Waals surface area contributed by atoms with Crippen LogP contribution in [-0.2, 0) is 14.3 Å². The van der Waals surface area contributed by atoms with Gasteiger partial charge in [0.25, 0.3) is 0 Å². The normalized spacial score (nSPS) is 35.4. The summed E-state index contributed by atoms with van der Waals surface area (Å²) in [5, 5.41) is 0. The Morgan fingerprint density at radius 3 is 2.62 bits per heavy atom. The molecule has 16 heavy (non-hydrogen) atoms. The molecule has 2 N–H and O–H groups in total. The van der Waals surface area contributed by atoms with Crippen LogP contribution in [0.2, 0.25) is 0 Å². The molecular weight excluding hydrogens is 206 g/mol. The van der Waals surface area contributed by atoms with E-state index in [1.807, 2.05) is 30.3 Å². The summed E-state index contributed by atoms with van der Waals surface area (Å²) in [5.74, 6) is -1.18. The molecule has 1 saturated heterocycles. The predicted molar refractivity (Wildman–Crippen MR) is 55.3 cm³/mol. The maximum absolute atomic E-state index is 11.6. The maximum Gasteiger partial charge on any atom is 0.322 e. The Balaban J connectivity index is 2.03. The first-order valence-corrected chi connectivity index (χ1v) is 5.21. The summed E-state index contributed by atoms with van der Waals surface area (Å²) < 4.78 is 4.89. The molecular formula is C12H11NO3. The average Bonchev–Trinajstić information content (AvgIpc) is 2.86. The number of carbonyl (C=O) groups excluding carboxylic acids is 2. The minimum Gasteiger partial charge on any atom is -0.464 e. The molecule has 1 aliphatic carbocycles. The van der Waals surface area contributed by atoms with Crippen molar-refractivity contribution >= 4 is 11.9 Å². The minimum absolute atomic E-state index is 0.0695. The second kappa shape index (κ2) is 2.84. The molecule has 3 rings (SSSR count). The number of fused-ring (bicyclic) bond motifs is 1. The molecule has 4 nitrogen and oxygen atoms in total. The molecule has 0 aromatic heterocycles. The minimum atomic E-state index is -1.08. The number of hydrogen-bond acceptors (Lipinski definition) is 3. The quantitative estimate of drug-likeness (QED) is 0.577. The van der Waals surface area contributed by atoms with Gasteiger partial charge in [0.2, 0.25) is 5.91 Å². The number of benzene rings is 1. The number of rotatable bonds is 2. The molecule has 0 bridgehead atoms. The molecule has 1 saturated carbocycles. The van der Waals surface area contributed by atoms with Gasteiger partial charge in [0.1, 0.15) is 0 Å². The van der Waals surface area contributed by atoms with E-state index in [1.165, 1.54) is 0 Å². The second-order valence-corrected chi connectivity index (χ2v) is 4.33. The van der Waals surface area contributed by atoms with Crippen molar-refractivity contribution in [3.05, 3.63) is 35.9 Å². The van der Waals surface area contributed by atoms with Crippen LogP contribution in [0.3, 0.4) is 0 Å². The molecule has 4 heteroatoms. The van der Waals surface area contributed by atoms with Gasteiger partial charge in [-0.1, -0.05) is 30.3 Å². The SMILES string of the molecule is NC(=O)[C@@]12C(=O)OC[C@H]1[C@H]2c1ccccc1. The van der Waals surface area contributed by atoms with Crippen molar-refractivity contribution < 1.29 is 14.3 Å². The van der Waals surface area contributed by atoms with E-state index in [0.717, 1.165) is 5.56 Å². The lowest BCUT2D eigenvalue weighted by atomic mass is 9.98. The Hall–Kier alpha value is -1.84. The third-order valence-electron chi connectivity index (χ3n) is 3.67. The molecule has 1 heterocycles. The van der Waals surface area contributed by atoms with Gasteiger partial charge in [-0.3, -0.25) is 9.59 Å². The number of hydrogen-bond donors (Lipinski definition) is 1. The van der Waals surface area contributed by atoms with Gasteiger partial charge < -0.3 is 10.5 Å². The lowest BCUT2D eigenvalue weighted by Gasteiger charge is -2.09. The molecule has 0 unspecified atom stereocenters. The summed E-state index contributed by atoms with van der Waals surface area (Å²) in [6.45, 7) is 0.307. The van der Waals surface area contributed by atoms with Crippen molar-refractivity contribution in [3.63, 3.8) is 0 Å². The van der Waals surface area contributed by atoms with Crippen molar-refractivity contribution in [1.82, 2.24) is 0 Å². The summed E-state index contributed by atoms with van der Waals surface area (Å²) in [6.07, 6.45) is 0. The Morgan fingerprint density at radius 1 is 1.38 bits per heavy atom. The van der Waals surface area contributed by atoms with E-state index < -0.39 is 17.3 Å². The summed E-state index contributed by atoms with van der Waals surface area (Å²) in [6, 6.07) is 9.52. The lowest BCUT2D eigenvalue weighted by molar-refractivity contribution is -0.148. The molecule has 2 aliphatic rings. The molecule has 3 atom stereocenters. The number of cyclic esters (lactones) is 1. The van der Waals surface area contributed by atoms with Gasteiger partial charge >= 0.3 is 5.97 Å². The third-order valence-corrected chi connectivity index (χ3v) is 3.67. The zero-order valence-corrected chi connectivity index (χ0v) is 8.55. The first-order valence-electron chi connectivity index (χ1n) is 5.21. The van der Waals surface area contributed by atoms with Crippen LogP contribution in [0.15, 0.2) is 30.3 Å². The molecule has 0 spiro atoms. The number of nitrogens with two attached hydrogens (primary N) is 1. The average molecular weight is 217 g/mol. The number of esters is 1. The van der Waals surface area contributed by atoms with E-state index in [2.05, 4.69) is 0 Å². The molecule has 82 valence electrons. The van der Waals surface area contributed by atoms with Gasteiger partial charge in [0.15, 0.2) is 5.41 Å². The second-order valence-electron chi connectivity index (χ2n) is 4.33. The van der Waals surface area contributed by atoms with E-state index >= 15 is 0 Å². The van der Waals surface area contributed by atoms with Crippen molar-refractivity contribution in [2.24, 2.45) is 17.1 Å². The molecule has 1 amide bonds. The van der Waals surface area contributed by atoms with Crippen LogP contribution in [0.4, 0.5) is 0 Å². The van der Waals surface area contributed by atoms with Gasteiger partial charge in [0, 0.05) is 11.8 Å². The summed E-state index contributed by atoms with van der Waals surface area (Å²) >= 11 is 0. The van der Waals surface area contributed by atoms with Crippen LogP contribution in [0.25, 0.3) is 0 Å². The monoisotopic (exact) mass is 217 g/mol. The number of amides is 1. The summed E-state index contributed by atoms with van der Waals surface area (Å²) in [4.78, 5) is 23.1. The van der Waals surface area contributed by atoms with Crippen LogP contribution in [0.1, 0.15) is 11.5 Å². The predicted octanol–water partition coefficient (Wildman–Crippen LogP) is 0.428. The fourth-order valence-electron chi connectivity index (χ4n) is 2.84. The highest BCUT2D eigenvalue weighted by molar-refractivity contribution is 6.09. The Kier molecular flexibility index (Phi) is 1.67. The molecule has 1 aromatic rings. The number of primary amides is 1. The highest BCUT2D eigenvalue weighted by Gasteiger charge is 2.78. The lowest BCUT2D eigenvalue weighted by Crippen LogP contribution is -2.33. The van der Waals surface area contributed by atoms with Gasteiger partial charge in [-0.25, -0.2) is 0 Å².